The number of likely N-dealkylation sites (N-methyl/N-ethyl adjacent to an activating group) is 1. The summed E-state index contributed by atoms with van der Waals surface area (Å²) in [7, 11) is 3.87. The van der Waals surface area contributed by atoms with E-state index in [4.69, 9.17) is 0 Å². The molecule has 4 aromatic rings. The van der Waals surface area contributed by atoms with Crippen LogP contribution in [0, 0.1) is 11.3 Å². The normalized spacial score (nSPS) is 13.3. The molecule has 0 radical (unpaired) electrons. The number of hydrogen-bond acceptors (Lipinski definition) is 9. The molecule has 2 heterocycles. The van der Waals surface area contributed by atoms with Crippen molar-refractivity contribution in [2.24, 2.45) is 0 Å². The van der Waals surface area contributed by atoms with Gasteiger partial charge in [0.2, 0.25) is 5.95 Å². The van der Waals surface area contributed by atoms with Gasteiger partial charge in [-0.05, 0) is 80.3 Å². The third kappa shape index (κ3) is 7.74. The largest absolute Gasteiger partial charge is 0.348 e. The minimum Gasteiger partial charge on any atom is -0.348 e. The van der Waals surface area contributed by atoms with E-state index in [1.807, 2.05) is 55.4 Å². The quantitative estimate of drug-likeness (QED) is 0.149. The summed E-state index contributed by atoms with van der Waals surface area (Å²) in [4.78, 5) is 37.0. The van der Waals surface area contributed by atoms with Crippen molar-refractivity contribution in [2.75, 3.05) is 36.6 Å². The predicted octanol–water partition coefficient (Wildman–Crippen LogP) is 6.11. The lowest BCUT2D eigenvalue weighted by Crippen LogP contribution is -2.13. The van der Waals surface area contributed by atoms with E-state index < -0.39 is 0 Å². The number of anilines is 4. The third-order valence-corrected chi connectivity index (χ3v) is 7.42. The van der Waals surface area contributed by atoms with Gasteiger partial charge in [0.15, 0.2) is 5.78 Å². The Bertz CT molecular complexity index is 1730. The highest BCUT2D eigenvalue weighted by Crippen LogP contribution is 2.43. The molecule has 43 heavy (non-hydrogen) atoms. The van der Waals surface area contributed by atoms with E-state index in [-0.39, 0.29) is 18.1 Å². The highest BCUT2D eigenvalue weighted by Gasteiger charge is 2.21. The van der Waals surface area contributed by atoms with Crippen LogP contribution in [0.1, 0.15) is 21.6 Å². The molecule has 1 aromatic heterocycles. The van der Waals surface area contributed by atoms with Crippen LogP contribution >= 0.6 is 11.8 Å². The summed E-state index contributed by atoms with van der Waals surface area (Å²) < 4.78 is 0. The number of carbonyl (C=O) groups excluding carboxylic acids is 2. The van der Waals surface area contributed by atoms with E-state index in [0.29, 0.717) is 40.7 Å². The Hall–Kier alpha value is -5.24. The standard InChI is InChI=1S/C33H29N7O2S/c1-40(2)18-6-9-26(41)20-22-7-5-8-23(19-22)31(42)36-24-12-14-25(15-13-24)37-33-35-17-16-28(39-33)27(21-34)32-38-29-10-3-4-11-30(29)43-32/h3-17,19,38H,18,20H2,1-2H3,(H,36,42)(H,35,37,39)/b9-6+,32-27+. The Labute approximate surface area is 254 Å². The summed E-state index contributed by atoms with van der Waals surface area (Å²) in [6, 6.07) is 26.0. The van der Waals surface area contributed by atoms with Gasteiger partial charge in [0, 0.05) is 41.0 Å². The minimum atomic E-state index is -0.271. The lowest BCUT2D eigenvalue weighted by atomic mass is 10.0. The number of nitrogens with zero attached hydrogens (tertiary/aromatic N) is 4. The summed E-state index contributed by atoms with van der Waals surface area (Å²) in [5.74, 6) is 0.0510. The lowest BCUT2D eigenvalue weighted by molar-refractivity contribution is -0.114. The molecule has 5 rings (SSSR count). The number of ketones is 1. The van der Waals surface area contributed by atoms with Gasteiger partial charge in [0.1, 0.15) is 11.6 Å². The van der Waals surface area contributed by atoms with Crippen molar-refractivity contribution < 1.29 is 9.59 Å². The number of nitrogens with one attached hydrogen (secondary N) is 3. The Morgan fingerprint density at radius 1 is 1.02 bits per heavy atom. The van der Waals surface area contributed by atoms with Gasteiger partial charge in [0.05, 0.1) is 16.4 Å². The fourth-order valence-electron chi connectivity index (χ4n) is 4.26. The second-order valence-electron chi connectivity index (χ2n) is 9.97. The first kappa shape index (κ1) is 29.3. The molecule has 0 bridgehead atoms. The van der Waals surface area contributed by atoms with Gasteiger partial charge >= 0.3 is 0 Å². The van der Waals surface area contributed by atoms with E-state index in [1.54, 1.807) is 60.8 Å². The minimum absolute atomic E-state index is 0.0165. The molecule has 214 valence electrons. The van der Waals surface area contributed by atoms with Crippen LogP contribution in [0.5, 0.6) is 0 Å². The van der Waals surface area contributed by atoms with E-state index in [9.17, 15) is 14.9 Å². The molecule has 0 aliphatic carbocycles. The number of para-hydroxylation sites is 1. The predicted molar refractivity (Wildman–Crippen MR) is 171 cm³/mol. The summed E-state index contributed by atoms with van der Waals surface area (Å²) in [5, 5.41) is 20.0. The van der Waals surface area contributed by atoms with Crippen LogP contribution in [0.15, 0.2) is 107 Å². The molecular weight excluding hydrogens is 558 g/mol. The maximum absolute atomic E-state index is 12.9. The first-order chi connectivity index (χ1) is 20.9. The van der Waals surface area contributed by atoms with Gasteiger partial charge in [0.25, 0.3) is 5.91 Å². The van der Waals surface area contributed by atoms with Crippen molar-refractivity contribution in [1.29, 1.82) is 5.26 Å². The zero-order chi connectivity index (χ0) is 30.2. The van der Waals surface area contributed by atoms with Crippen molar-refractivity contribution in [3.8, 4) is 6.07 Å². The van der Waals surface area contributed by atoms with Crippen molar-refractivity contribution in [1.82, 2.24) is 14.9 Å². The Morgan fingerprint density at radius 3 is 2.58 bits per heavy atom. The Balaban J connectivity index is 1.21. The zero-order valence-corrected chi connectivity index (χ0v) is 24.5. The number of hydrogen-bond donors (Lipinski definition) is 3. The molecular formula is C33H29N7O2S. The van der Waals surface area contributed by atoms with Crippen molar-refractivity contribution >= 4 is 52.0 Å². The number of thioether (sulfide) groups is 1. The van der Waals surface area contributed by atoms with Gasteiger partial charge < -0.3 is 20.9 Å². The number of amides is 1. The van der Waals surface area contributed by atoms with E-state index in [1.165, 1.54) is 11.8 Å². The monoisotopic (exact) mass is 587 g/mol. The number of rotatable bonds is 10. The average molecular weight is 588 g/mol. The van der Waals surface area contributed by atoms with Crippen LogP contribution < -0.4 is 16.0 Å². The van der Waals surface area contributed by atoms with Gasteiger partial charge in [-0.25, -0.2) is 9.97 Å². The number of aromatic nitrogens is 2. The molecule has 10 heteroatoms. The maximum Gasteiger partial charge on any atom is 0.255 e. The molecule has 1 amide bonds. The van der Waals surface area contributed by atoms with Crippen molar-refractivity contribution in [3.63, 3.8) is 0 Å². The molecule has 0 unspecified atom stereocenters. The molecule has 3 N–H and O–H groups in total. The average Bonchev–Trinajstić information content (AvgIpc) is 3.42. The number of benzene rings is 3. The number of nitriles is 1. The number of allylic oxidation sites excluding steroid dienone is 2. The van der Waals surface area contributed by atoms with Gasteiger partial charge in [-0.1, -0.05) is 42.1 Å². The van der Waals surface area contributed by atoms with Crippen LogP contribution in [-0.4, -0.2) is 47.2 Å². The molecule has 0 saturated heterocycles. The highest BCUT2D eigenvalue weighted by molar-refractivity contribution is 8.04. The lowest BCUT2D eigenvalue weighted by Gasteiger charge is -2.10. The summed E-state index contributed by atoms with van der Waals surface area (Å²) in [5.41, 5.74) is 4.45. The molecule has 0 saturated carbocycles. The summed E-state index contributed by atoms with van der Waals surface area (Å²) in [6.45, 7) is 0.689. The molecule has 1 aliphatic rings. The zero-order valence-electron chi connectivity index (χ0n) is 23.7. The second kappa shape index (κ2) is 13.6. The maximum atomic E-state index is 12.9. The number of fused-ring (bicyclic) bond motifs is 1. The molecule has 9 nitrogen and oxygen atoms in total. The highest BCUT2D eigenvalue weighted by atomic mass is 32.2. The fraction of sp³-hybridized carbons (Fsp3) is 0.121. The molecule has 1 aliphatic heterocycles. The van der Waals surface area contributed by atoms with Gasteiger partial charge in [-0.2, -0.15) is 5.26 Å². The molecule has 0 fully saturated rings. The van der Waals surface area contributed by atoms with Crippen molar-refractivity contribution in [2.45, 2.75) is 11.3 Å². The van der Waals surface area contributed by atoms with E-state index in [0.717, 1.165) is 21.2 Å². The first-order valence-corrected chi connectivity index (χ1v) is 14.3. The molecule has 3 aromatic carbocycles. The fourth-order valence-corrected chi connectivity index (χ4v) is 5.27. The smallest absolute Gasteiger partial charge is 0.255 e. The third-order valence-electron chi connectivity index (χ3n) is 6.34. The van der Waals surface area contributed by atoms with Crippen LogP contribution in [0.3, 0.4) is 0 Å². The first-order valence-electron chi connectivity index (χ1n) is 13.5. The number of carbonyl (C=O) groups is 2. The SMILES string of the molecule is CN(C)C/C=C/C(=O)Cc1cccc(C(=O)Nc2ccc(Nc3nccc(/C(C#N)=C4\Nc5ccccc5S4)n3)cc2)c1. The Morgan fingerprint density at radius 2 is 1.81 bits per heavy atom. The van der Waals surface area contributed by atoms with E-state index >= 15 is 0 Å². The Kier molecular flexibility index (Phi) is 9.26. The van der Waals surface area contributed by atoms with Crippen LogP contribution in [0.25, 0.3) is 5.57 Å². The molecule has 0 atom stereocenters. The van der Waals surface area contributed by atoms with Crippen LogP contribution in [0.4, 0.5) is 23.0 Å². The second-order valence-corrected chi connectivity index (χ2v) is 11.0. The summed E-state index contributed by atoms with van der Waals surface area (Å²) >= 11 is 1.50. The van der Waals surface area contributed by atoms with Crippen LogP contribution in [-0.2, 0) is 11.2 Å². The van der Waals surface area contributed by atoms with Crippen LogP contribution in [0.2, 0.25) is 0 Å². The topological polar surface area (TPSA) is 123 Å². The summed E-state index contributed by atoms with van der Waals surface area (Å²) in [6.07, 6.45) is 5.23. The van der Waals surface area contributed by atoms with Gasteiger partial charge in [-0.3, -0.25) is 9.59 Å². The molecule has 0 spiro atoms. The van der Waals surface area contributed by atoms with E-state index in [2.05, 4.69) is 32.0 Å². The van der Waals surface area contributed by atoms with Crippen molar-refractivity contribution in [3.05, 3.63) is 119 Å². The van der Waals surface area contributed by atoms with Gasteiger partial charge in [-0.15, -0.1) is 0 Å².